The van der Waals surface area contributed by atoms with Crippen LogP contribution in [0.2, 0.25) is 0 Å². The Kier molecular flexibility index (Phi) is 4.03. The zero-order valence-corrected chi connectivity index (χ0v) is 12.4. The summed E-state index contributed by atoms with van der Waals surface area (Å²) >= 11 is 6.98. The Morgan fingerprint density at radius 2 is 2.05 bits per heavy atom. The summed E-state index contributed by atoms with van der Waals surface area (Å²) in [6.45, 7) is 1.91. The first-order valence-electron chi connectivity index (χ1n) is 6.28. The van der Waals surface area contributed by atoms with E-state index in [1.807, 2.05) is 29.6 Å². The Labute approximate surface area is 126 Å². The van der Waals surface area contributed by atoms with Crippen LogP contribution in [0.5, 0.6) is 11.5 Å². The van der Waals surface area contributed by atoms with Gasteiger partial charge in [0.25, 0.3) is 0 Å². The molecule has 1 aliphatic heterocycles. The SMILES string of the molecule is S=C(NCc1cccs1)Nc1ccc2c(c1)OCCO2. The third-order valence-corrected chi connectivity index (χ3v) is 3.93. The van der Waals surface area contributed by atoms with Crippen molar-refractivity contribution in [2.75, 3.05) is 18.5 Å². The number of ether oxygens (including phenoxy) is 2. The van der Waals surface area contributed by atoms with Crippen LogP contribution in [0.4, 0.5) is 5.69 Å². The molecule has 2 heterocycles. The lowest BCUT2D eigenvalue weighted by Gasteiger charge is -2.19. The average Bonchev–Trinajstić information content (AvgIpc) is 2.98. The molecule has 0 unspecified atom stereocenters. The van der Waals surface area contributed by atoms with Crippen molar-refractivity contribution in [3.05, 3.63) is 40.6 Å². The van der Waals surface area contributed by atoms with Crippen molar-refractivity contribution in [3.63, 3.8) is 0 Å². The Balaban J connectivity index is 1.58. The molecular weight excluding hydrogens is 292 g/mol. The summed E-state index contributed by atoms with van der Waals surface area (Å²) < 4.78 is 11.0. The number of thiophene rings is 1. The smallest absolute Gasteiger partial charge is 0.171 e. The van der Waals surface area contributed by atoms with E-state index in [-0.39, 0.29) is 0 Å². The molecule has 0 bridgehead atoms. The summed E-state index contributed by atoms with van der Waals surface area (Å²) in [4.78, 5) is 1.25. The third kappa shape index (κ3) is 3.20. The van der Waals surface area contributed by atoms with E-state index in [2.05, 4.69) is 16.7 Å². The molecule has 0 spiro atoms. The highest BCUT2D eigenvalue weighted by Gasteiger charge is 2.11. The maximum absolute atomic E-state index is 5.54. The van der Waals surface area contributed by atoms with E-state index < -0.39 is 0 Å². The van der Waals surface area contributed by atoms with Gasteiger partial charge in [0.1, 0.15) is 13.2 Å². The molecule has 104 valence electrons. The molecule has 1 aromatic carbocycles. The number of thiocarbonyl (C=S) groups is 1. The Bertz CT molecular complexity index is 599. The first kappa shape index (κ1) is 13.2. The topological polar surface area (TPSA) is 42.5 Å². The van der Waals surface area contributed by atoms with Crippen molar-refractivity contribution in [2.45, 2.75) is 6.54 Å². The minimum atomic E-state index is 0.581. The van der Waals surface area contributed by atoms with Gasteiger partial charge in [0.15, 0.2) is 16.6 Å². The van der Waals surface area contributed by atoms with E-state index in [9.17, 15) is 0 Å². The minimum absolute atomic E-state index is 0.581. The maximum Gasteiger partial charge on any atom is 0.171 e. The summed E-state index contributed by atoms with van der Waals surface area (Å²) in [5.41, 5.74) is 0.887. The number of benzene rings is 1. The second kappa shape index (κ2) is 6.11. The lowest BCUT2D eigenvalue weighted by Crippen LogP contribution is -2.27. The van der Waals surface area contributed by atoms with E-state index >= 15 is 0 Å². The maximum atomic E-state index is 5.54. The fourth-order valence-corrected chi connectivity index (χ4v) is 2.71. The zero-order chi connectivity index (χ0) is 13.8. The van der Waals surface area contributed by atoms with Crippen LogP contribution in [0.25, 0.3) is 0 Å². The quantitative estimate of drug-likeness (QED) is 0.853. The molecule has 6 heteroatoms. The molecule has 0 fully saturated rings. The van der Waals surface area contributed by atoms with Gasteiger partial charge in [-0.05, 0) is 35.8 Å². The molecule has 1 aromatic heterocycles. The molecule has 20 heavy (non-hydrogen) atoms. The first-order valence-corrected chi connectivity index (χ1v) is 7.57. The lowest BCUT2D eigenvalue weighted by atomic mass is 10.2. The summed E-state index contributed by atoms with van der Waals surface area (Å²) in [7, 11) is 0. The van der Waals surface area contributed by atoms with Gasteiger partial charge in [0.05, 0.1) is 6.54 Å². The zero-order valence-electron chi connectivity index (χ0n) is 10.7. The Morgan fingerprint density at radius 3 is 2.85 bits per heavy atom. The third-order valence-electron chi connectivity index (χ3n) is 2.80. The van der Waals surface area contributed by atoms with Crippen LogP contribution >= 0.6 is 23.6 Å². The highest BCUT2D eigenvalue weighted by Crippen LogP contribution is 2.32. The van der Waals surface area contributed by atoms with Crippen molar-refractivity contribution in [3.8, 4) is 11.5 Å². The first-order chi connectivity index (χ1) is 9.81. The van der Waals surface area contributed by atoms with Gasteiger partial charge in [-0.1, -0.05) is 6.07 Å². The van der Waals surface area contributed by atoms with Crippen LogP contribution in [0.1, 0.15) is 4.88 Å². The number of rotatable bonds is 3. The van der Waals surface area contributed by atoms with Gasteiger partial charge in [0, 0.05) is 16.6 Å². The predicted molar refractivity (Wildman–Crippen MR) is 84.8 cm³/mol. The molecule has 0 amide bonds. The molecule has 2 N–H and O–H groups in total. The minimum Gasteiger partial charge on any atom is -0.486 e. The number of hydrogen-bond acceptors (Lipinski definition) is 4. The molecule has 3 rings (SSSR count). The lowest BCUT2D eigenvalue weighted by molar-refractivity contribution is 0.171. The number of nitrogens with one attached hydrogen (secondary N) is 2. The predicted octanol–water partition coefficient (Wildman–Crippen LogP) is 3.01. The van der Waals surface area contributed by atoms with Crippen LogP contribution in [0.3, 0.4) is 0 Å². The van der Waals surface area contributed by atoms with Gasteiger partial charge in [-0.3, -0.25) is 0 Å². The van der Waals surface area contributed by atoms with E-state index in [1.54, 1.807) is 11.3 Å². The molecular formula is C14H14N2O2S2. The van der Waals surface area contributed by atoms with Crippen molar-refractivity contribution in [2.24, 2.45) is 0 Å². The molecule has 1 aliphatic rings. The number of fused-ring (bicyclic) bond motifs is 1. The second-order valence-corrected chi connectivity index (χ2v) is 5.69. The van der Waals surface area contributed by atoms with Gasteiger partial charge >= 0.3 is 0 Å². The fraction of sp³-hybridized carbons (Fsp3) is 0.214. The second-order valence-electron chi connectivity index (χ2n) is 4.25. The van der Waals surface area contributed by atoms with Crippen LogP contribution in [-0.2, 0) is 6.54 Å². The van der Waals surface area contributed by atoms with Crippen LogP contribution < -0.4 is 20.1 Å². The van der Waals surface area contributed by atoms with Crippen LogP contribution in [0, 0.1) is 0 Å². The van der Waals surface area contributed by atoms with Crippen molar-refractivity contribution in [1.82, 2.24) is 5.32 Å². The van der Waals surface area contributed by atoms with Gasteiger partial charge in [0.2, 0.25) is 0 Å². The van der Waals surface area contributed by atoms with E-state index in [0.717, 1.165) is 23.7 Å². The normalized spacial score (nSPS) is 12.8. The summed E-state index contributed by atoms with van der Waals surface area (Å²) in [5.74, 6) is 1.53. The van der Waals surface area contributed by atoms with Crippen molar-refractivity contribution < 1.29 is 9.47 Å². The summed E-state index contributed by atoms with van der Waals surface area (Å²) in [5, 5.41) is 8.96. The molecule has 0 aliphatic carbocycles. The highest BCUT2D eigenvalue weighted by atomic mass is 32.1. The summed E-state index contributed by atoms with van der Waals surface area (Å²) in [6, 6.07) is 9.81. The molecule has 4 nitrogen and oxygen atoms in total. The van der Waals surface area contributed by atoms with Crippen LogP contribution in [-0.4, -0.2) is 18.3 Å². The van der Waals surface area contributed by atoms with Crippen molar-refractivity contribution in [1.29, 1.82) is 0 Å². The molecule has 0 saturated carbocycles. The van der Waals surface area contributed by atoms with E-state index in [4.69, 9.17) is 21.7 Å². The van der Waals surface area contributed by atoms with Gasteiger partial charge in [-0.15, -0.1) is 11.3 Å². The Hall–Kier alpha value is -1.79. The van der Waals surface area contributed by atoms with E-state index in [1.165, 1.54) is 4.88 Å². The largest absolute Gasteiger partial charge is 0.486 e. The fourth-order valence-electron chi connectivity index (χ4n) is 1.88. The monoisotopic (exact) mass is 306 g/mol. The number of hydrogen-bond donors (Lipinski definition) is 2. The summed E-state index contributed by atoms with van der Waals surface area (Å²) in [6.07, 6.45) is 0. The molecule has 2 aromatic rings. The highest BCUT2D eigenvalue weighted by molar-refractivity contribution is 7.80. The van der Waals surface area contributed by atoms with Gasteiger partial charge < -0.3 is 20.1 Å². The van der Waals surface area contributed by atoms with Crippen LogP contribution in [0.15, 0.2) is 35.7 Å². The van der Waals surface area contributed by atoms with Gasteiger partial charge in [-0.25, -0.2) is 0 Å². The Morgan fingerprint density at radius 1 is 1.20 bits per heavy atom. The van der Waals surface area contributed by atoms with Crippen molar-refractivity contribution >= 4 is 34.4 Å². The van der Waals surface area contributed by atoms with Gasteiger partial charge in [-0.2, -0.15) is 0 Å². The molecule has 0 atom stereocenters. The average molecular weight is 306 g/mol. The van der Waals surface area contributed by atoms with E-state index in [0.29, 0.717) is 18.3 Å². The molecule has 0 saturated heterocycles. The standard InChI is InChI=1S/C14H14N2O2S2/c19-14(15-9-11-2-1-7-20-11)16-10-3-4-12-13(8-10)18-6-5-17-12/h1-4,7-8H,5-6,9H2,(H2,15,16,19). The number of anilines is 1. The molecule has 0 radical (unpaired) electrons.